The number of phenols is 1. The van der Waals surface area contributed by atoms with Crippen molar-refractivity contribution in [1.29, 1.82) is 0 Å². The van der Waals surface area contributed by atoms with Gasteiger partial charge in [-0.1, -0.05) is 11.6 Å². The van der Waals surface area contributed by atoms with Crippen LogP contribution >= 0.6 is 11.6 Å². The van der Waals surface area contributed by atoms with Crippen LogP contribution in [0.2, 0.25) is 0 Å². The van der Waals surface area contributed by atoms with Crippen molar-refractivity contribution >= 4 is 23.2 Å². The highest BCUT2D eigenvalue weighted by atomic mass is 35.5. The summed E-state index contributed by atoms with van der Waals surface area (Å²) in [7, 11) is 1.32. The van der Waals surface area contributed by atoms with Crippen molar-refractivity contribution in [3.8, 4) is 11.5 Å². The second kappa shape index (κ2) is 3.89. The number of aromatic hydroxyl groups is 1. The number of phenolic OH excluding ortho intramolecular Hbond substituents is 1. The number of benzene rings is 1. The molecule has 1 aromatic carbocycles. The molecule has 0 unspecified atom stereocenters. The number of hydrogen-bond acceptors (Lipinski definition) is 4. The fourth-order valence-corrected chi connectivity index (χ4v) is 2.08. The van der Waals surface area contributed by atoms with Crippen LogP contribution < -0.4 is 4.74 Å². The first-order valence-corrected chi connectivity index (χ1v) is 5.22. The molecule has 0 amide bonds. The topological polar surface area (TPSA) is 63.6 Å². The van der Waals surface area contributed by atoms with Gasteiger partial charge in [0.05, 0.1) is 17.7 Å². The van der Waals surface area contributed by atoms with Gasteiger partial charge in [0.15, 0.2) is 17.3 Å². The Hall–Kier alpha value is -1.81. The number of Topliss-reactive ketones (excluding diaryl/α,β-unsaturated/α-hetero) is 1. The standard InChI is InChI=1S/C12H9ClO4/c1-5-3-8(15)12(17-2)10-7(14)4-6(13)11(16)9(5)10/h3-4,15H,1-2H3. The molecule has 0 saturated carbocycles. The van der Waals surface area contributed by atoms with Crippen LogP contribution in [0.5, 0.6) is 11.5 Å². The third-order valence-electron chi connectivity index (χ3n) is 2.61. The largest absolute Gasteiger partial charge is 0.504 e. The monoisotopic (exact) mass is 252 g/mol. The van der Waals surface area contributed by atoms with Gasteiger partial charge >= 0.3 is 0 Å². The highest BCUT2D eigenvalue weighted by Gasteiger charge is 2.31. The summed E-state index contributed by atoms with van der Waals surface area (Å²) < 4.78 is 4.96. The van der Waals surface area contributed by atoms with Crippen LogP contribution in [0.25, 0.3) is 0 Å². The molecule has 1 aliphatic carbocycles. The van der Waals surface area contributed by atoms with Crippen LogP contribution in [0.4, 0.5) is 0 Å². The first-order chi connectivity index (χ1) is 7.97. The Balaban J connectivity index is 2.86. The average Bonchev–Trinajstić information content (AvgIpc) is 2.25. The van der Waals surface area contributed by atoms with E-state index in [4.69, 9.17) is 16.3 Å². The molecule has 1 aliphatic rings. The summed E-state index contributed by atoms with van der Waals surface area (Å²) in [6.45, 7) is 1.62. The van der Waals surface area contributed by atoms with Crippen molar-refractivity contribution in [2.75, 3.05) is 7.11 Å². The van der Waals surface area contributed by atoms with Gasteiger partial charge in [0.25, 0.3) is 0 Å². The van der Waals surface area contributed by atoms with Gasteiger partial charge in [-0.3, -0.25) is 9.59 Å². The smallest absolute Gasteiger partial charge is 0.205 e. The maximum atomic E-state index is 11.9. The van der Waals surface area contributed by atoms with Crippen LogP contribution in [-0.2, 0) is 0 Å². The normalized spacial score (nSPS) is 14.4. The van der Waals surface area contributed by atoms with E-state index in [1.54, 1.807) is 6.92 Å². The predicted octanol–water partition coefficient (Wildman–Crippen LogP) is 2.21. The number of carbonyl (C=O) groups is 2. The van der Waals surface area contributed by atoms with Crippen molar-refractivity contribution in [3.05, 3.63) is 33.9 Å². The van der Waals surface area contributed by atoms with Crippen LogP contribution in [0, 0.1) is 6.92 Å². The molecule has 4 nitrogen and oxygen atoms in total. The molecule has 0 bridgehead atoms. The highest BCUT2D eigenvalue weighted by molar-refractivity contribution is 6.49. The zero-order valence-corrected chi connectivity index (χ0v) is 9.96. The number of allylic oxidation sites excluding steroid dienone is 2. The molecule has 88 valence electrons. The molecule has 0 aliphatic heterocycles. The molecular formula is C12H9ClO4. The lowest BCUT2D eigenvalue weighted by molar-refractivity contribution is 0.0987. The second-order valence-corrected chi connectivity index (χ2v) is 4.09. The Morgan fingerprint density at radius 2 is 1.94 bits per heavy atom. The Bertz CT molecular complexity index is 572. The van der Waals surface area contributed by atoms with Gasteiger partial charge in [0.2, 0.25) is 5.78 Å². The molecule has 0 aromatic heterocycles. The third-order valence-corrected chi connectivity index (χ3v) is 2.89. The molecule has 0 saturated heterocycles. The number of rotatable bonds is 1. The molecule has 17 heavy (non-hydrogen) atoms. The van der Waals surface area contributed by atoms with E-state index in [0.717, 1.165) is 6.08 Å². The minimum absolute atomic E-state index is 0.00404. The van der Waals surface area contributed by atoms with Gasteiger partial charge in [0.1, 0.15) is 0 Å². The van der Waals surface area contributed by atoms with Crippen molar-refractivity contribution in [3.63, 3.8) is 0 Å². The van der Waals surface area contributed by atoms with E-state index in [-0.39, 0.29) is 27.7 Å². The van der Waals surface area contributed by atoms with Crippen LogP contribution in [-0.4, -0.2) is 23.8 Å². The first-order valence-electron chi connectivity index (χ1n) is 4.84. The van der Waals surface area contributed by atoms with Crippen molar-refractivity contribution in [2.45, 2.75) is 6.92 Å². The maximum Gasteiger partial charge on any atom is 0.205 e. The number of aryl methyl sites for hydroxylation is 1. The van der Waals surface area contributed by atoms with E-state index in [1.807, 2.05) is 0 Å². The Kier molecular flexibility index (Phi) is 2.67. The predicted molar refractivity (Wildman–Crippen MR) is 62.0 cm³/mol. The molecule has 2 rings (SSSR count). The molecule has 5 heteroatoms. The number of halogens is 1. The quantitative estimate of drug-likeness (QED) is 0.832. The molecule has 1 N–H and O–H groups in total. The Morgan fingerprint density at radius 1 is 1.29 bits per heavy atom. The van der Waals surface area contributed by atoms with Crippen molar-refractivity contribution in [2.24, 2.45) is 0 Å². The van der Waals surface area contributed by atoms with Gasteiger partial charge in [-0.25, -0.2) is 0 Å². The highest BCUT2D eigenvalue weighted by Crippen LogP contribution is 2.38. The maximum absolute atomic E-state index is 11.9. The fourth-order valence-electron chi connectivity index (χ4n) is 1.89. The van der Waals surface area contributed by atoms with E-state index in [0.29, 0.717) is 5.56 Å². The average molecular weight is 253 g/mol. The number of ketones is 2. The van der Waals surface area contributed by atoms with Gasteiger partial charge in [-0.2, -0.15) is 0 Å². The summed E-state index contributed by atoms with van der Waals surface area (Å²) in [5, 5.41) is 9.55. The summed E-state index contributed by atoms with van der Waals surface area (Å²) in [6.07, 6.45) is 1.04. The third kappa shape index (κ3) is 1.61. The first kappa shape index (κ1) is 11.7. The van der Waals surface area contributed by atoms with Gasteiger partial charge < -0.3 is 9.84 Å². The van der Waals surface area contributed by atoms with Gasteiger partial charge in [-0.05, 0) is 18.6 Å². The minimum atomic E-state index is -0.444. The van der Waals surface area contributed by atoms with Crippen molar-refractivity contribution < 1.29 is 19.4 Å². The molecule has 0 heterocycles. The molecule has 0 radical (unpaired) electrons. The minimum Gasteiger partial charge on any atom is -0.504 e. The van der Waals surface area contributed by atoms with Crippen molar-refractivity contribution in [1.82, 2.24) is 0 Å². The lowest BCUT2D eigenvalue weighted by atomic mass is 9.89. The SMILES string of the molecule is COc1c(O)cc(C)c2c1C(=O)C=C(Cl)C2=O. The number of carbonyl (C=O) groups excluding carboxylic acids is 2. The van der Waals surface area contributed by atoms with Crippen LogP contribution in [0.15, 0.2) is 17.2 Å². The second-order valence-electron chi connectivity index (χ2n) is 3.68. The molecule has 0 spiro atoms. The summed E-state index contributed by atoms with van der Waals surface area (Å²) in [4.78, 5) is 23.7. The number of methoxy groups -OCH3 is 1. The number of fused-ring (bicyclic) bond motifs is 1. The molecular weight excluding hydrogens is 244 g/mol. The zero-order valence-electron chi connectivity index (χ0n) is 9.20. The van der Waals surface area contributed by atoms with E-state index in [2.05, 4.69) is 0 Å². The molecule has 1 aromatic rings. The van der Waals surface area contributed by atoms with E-state index < -0.39 is 11.6 Å². The van der Waals surface area contributed by atoms with Crippen LogP contribution in [0.1, 0.15) is 26.3 Å². The van der Waals surface area contributed by atoms with Gasteiger partial charge in [0, 0.05) is 11.6 Å². The number of ether oxygens (including phenoxy) is 1. The fraction of sp³-hybridized carbons (Fsp3) is 0.167. The Labute approximate surface area is 102 Å². The van der Waals surface area contributed by atoms with E-state index >= 15 is 0 Å². The van der Waals surface area contributed by atoms with E-state index in [1.165, 1.54) is 13.2 Å². The summed E-state index contributed by atoms with van der Waals surface area (Å²) in [6, 6.07) is 1.37. The van der Waals surface area contributed by atoms with Gasteiger partial charge in [-0.15, -0.1) is 0 Å². The Morgan fingerprint density at radius 3 is 2.53 bits per heavy atom. The summed E-state index contributed by atoms with van der Waals surface area (Å²) in [5.41, 5.74) is 0.749. The molecule has 0 atom stereocenters. The lowest BCUT2D eigenvalue weighted by Gasteiger charge is -2.18. The summed E-state index contributed by atoms with van der Waals surface area (Å²) in [5.74, 6) is -1.04. The van der Waals surface area contributed by atoms with Crippen LogP contribution in [0.3, 0.4) is 0 Å². The zero-order chi connectivity index (χ0) is 12.7. The van der Waals surface area contributed by atoms with E-state index in [9.17, 15) is 14.7 Å². The molecule has 0 fully saturated rings. The lowest BCUT2D eigenvalue weighted by Crippen LogP contribution is -2.17. The summed E-state index contributed by atoms with van der Waals surface area (Å²) >= 11 is 5.68. The number of hydrogen-bond donors (Lipinski definition) is 1.